The summed E-state index contributed by atoms with van der Waals surface area (Å²) in [4.78, 5) is 36.5. The summed E-state index contributed by atoms with van der Waals surface area (Å²) in [6, 6.07) is 11.9. The molecule has 0 saturated heterocycles. The molecule has 1 aromatic carbocycles. The van der Waals surface area contributed by atoms with Gasteiger partial charge >= 0.3 is 11.9 Å². The molecule has 6 heteroatoms. The summed E-state index contributed by atoms with van der Waals surface area (Å²) in [6.45, 7) is 0.169. The largest absolute Gasteiger partial charge is 0.461 e. The van der Waals surface area contributed by atoms with Crippen LogP contribution in [0.3, 0.4) is 0 Å². The molecule has 0 amide bonds. The van der Waals surface area contributed by atoms with Gasteiger partial charge in [0.2, 0.25) is 0 Å². The Morgan fingerprint density at radius 2 is 1.73 bits per heavy atom. The van der Waals surface area contributed by atoms with Crippen LogP contribution in [0.2, 0.25) is 0 Å². The molecule has 6 nitrogen and oxygen atoms in total. The maximum Gasteiger partial charge on any atom is 0.311 e. The van der Waals surface area contributed by atoms with Crippen LogP contribution in [-0.4, -0.2) is 16.9 Å². The van der Waals surface area contributed by atoms with Gasteiger partial charge in [-0.1, -0.05) is 30.3 Å². The van der Waals surface area contributed by atoms with E-state index in [1.165, 1.54) is 12.3 Å². The highest BCUT2D eigenvalue weighted by molar-refractivity contribution is 5.78. The van der Waals surface area contributed by atoms with Crippen molar-refractivity contribution in [1.82, 2.24) is 4.98 Å². The predicted octanol–water partition coefficient (Wildman–Crippen LogP) is 1.80. The molecule has 1 heterocycles. The normalized spacial score (nSPS) is 10.0. The fourth-order valence-electron chi connectivity index (χ4n) is 1.69. The Hall–Kier alpha value is -2.89. The highest BCUT2D eigenvalue weighted by atomic mass is 16.5. The van der Waals surface area contributed by atoms with Gasteiger partial charge in [-0.05, 0) is 11.6 Å². The van der Waals surface area contributed by atoms with Crippen LogP contribution >= 0.6 is 0 Å². The molecule has 0 unspecified atom stereocenters. The van der Waals surface area contributed by atoms with Crippen LogP contribution in [0.25, 0.3) is 0 Å². The number of esters is 2. The van der Waals surface area contributed by atoms with E-state index in [-0.39, 0.29) is 30.8 Å². The Labute approximate surface area is 126 Å². The van der Waals surface area contributed by atoms with E-state index in [1.807, 2.05) is 30.3 Å². The lowest BCUT2D eigenvalue weighted by atomic mass is 10.2. The highest BCUT2D eigenvalue weighted by Crippen LogP contribution is 2.07. The Morgan fingerprint density at radius 1 is 1.00 bits per heavy atom. The molecule has 0 atom stereocenters. The van der Waals surface area contributed by atoms with Crippen LogP contribution < -0.4 is 10.3 Å². The van der Waals surface area contributed by atoms with Crippen molar-refractivity contribution < 1.29 is 19.1 Å². The number of rotatable bonds is 6. The van der Waals surface area contributed by atoms with Gasteiger partial charge in [0, 0.05) is 12.3 Å². The van der Waals surface area contributed by atoms with Gasteiger partial charge < -0.3 is 14.5 Å². The van der Waals surface area contributed by atoms with Gasteiger partial charge in [0.1, 0.15) is 12.4 Å². The molecule has 2 rings (SSSR count). The van der Waals surface area contributed by atoms with Gasteiger partial charge in [0.25, 0.3) is 5.56 Å². The molecule has 0 fully saturated rings. The third-order valence-electron chi connectivity index (χ3n) is 2.75. The third kappa shape index (κ3) is 5.24. The number of carbonyl (C=O) groups excluding carboxylic acids is 2. The molecule has 1 N–H and O–H groups in total. The third-order valence-corrected chi connectivity index (χ3v) is 2.75. The topological polar surface area (TPSA) is 85.5 Å². The zero-order valence-electron chi connectivity index (χ0n) is 11.8. The standard InChI is InChI=1S/C16H15NO5/c18-14-10-13(8-9-17-14)22-16(20)7-6-15(19)21-11-12-4-2-1-3-5-12/h1-5,8-10H,6-7,11H2,(H,17,18). The van der Waals surface area contributed by atoms with E-state index >= 15 is 0 Å². The van der Waals surface area contributed by atoms with Gasteiger partial charge in [-0.25, -0.2) is 0 Å². The summed E-state index contributed by atoms with van der Waals surface area (Å²) in [5, 5.41) is 0. The maximum absolute atomic E-state index is 11.6. The van der Waals surface area contributed by atoms with Crippen molar-refractivity contribution in [2.45, 2.75) is 19.4 Å². The van der Waals surface area contributed by atoms with Crippen molar-refractivity contribution in [3.63, 3.8) is 0 Å². The van der Waals surface area contributed by atoms with Crippen molar-refractivity contribution in [2.75, 3.05) is 0 Å². The lowest BCUT2D eigenvalue weighted by Crippen LogP contribution is -2.13. The number of hydrogen-bond acceptors (Lipinski definition) is 5. The first-order valence-corrected chi connectivity index (χ1v) is 6.72. The van der Waals surface area contributed by atoms with Crippen molar-refractivity contribution in [2.24, 2.45) is 0 Å². The van der Waals surface area contributed by atoms with Crippen LogP contribution in [0.4, 0.5) is 0 Å². The van der Waals surface area contributed by atoms with Crippen molar-refractivity contribution in [1.29, 1.82) is 0 Å². The van der Waals surface area contributed by atoms with Gasteiger partial charge in [-0.3, -0.25) is 14.4 Å². The summed E-state index contributed by atoms with van der Waals surface area (Å²) in [5.41, 5.74) is 0.509. The average Bonchev–Trinajstić information content (AvgIpc) is 2.52. The minimum absolute atomic E-state index is 0.0745. The molecule has 0 aliphatic rings. The molecular weight excluding hydrogens is 286 g/mol. The second-order valence-electron chi connectivity index (χ2n) is 4.51. The lowest BCUT2D eigenvalue weighted by Gasteiger charge is -2.05. The molecule has 0 aliphatic carbocycles. The Morgan fingerprint density at radius 3 is 2.45 bits per heavy atom. The molecule has 114 valence electrons. The summed E-state index contributed by atoms with van der Waals surface area (Å²) in [6.07, 6.45) is 1.19. The lowest BCUT2D eigenvalue weighted by molar-refractivity contribution is -0.148. The molecule has 1 aromatic heterocycles. The summed E-state index contributed by atoms with van der Waals surface area (Å²) in [7, 11) is 0. The van der Waals surface area contributed by atoms with E-state index in [0.717, 1.165) is 11.6 Å². The number of benzene rings is 1. The number of hydrogen-bond donors (Lipinski definition) is 1. The first-order chi connectivity index (χ1) is 10.6. The minimum Gasteiger partial charge on any atom is -0.461 e. The first-order valence-electron chi connectivity index (χ1n) is 6.72. The zero-order chi connectivity index (χ0) is 15.8. The summed E-state index contributed by atoms with van der Waals surface area (Å²) in [5.74, 6) is -0.930. The molecule has 2 aromatic rings. The van der Waals surface area contributed by atoms with E-state index in [4.69, 9.17) is 9.47 Å². The van der Waals surface area contributed by atoms with Crippen molar-refractivity contribution in [3.05, 3.63) is 64.6 Å². The maximum atomic E-state index is 11.6. The van der Waals surface area contributed by atoms with Crippen LogP contribution in [0, 0.1) is 0 Å². The molecule has 0 saturated carbocycles. The van der Waals surface area contributed by atoms with Gasteiger partial charge in [0.05, 0.1) is 12.8 Å². The van der Waals surface area contributed by atoms with E-state index in [1.54, 1.807) is 0 Å². The highest BCUT2D eigenvalue weighted by Gasteiger charge is 2.10. The minimum atomic E-state index is -0.595. The van der Waals surface area contributed by atoms with Crippen molar-refractivity contribution >= 4 is 11.9 Å². The number of aromatic nitrogens is 1. The fourth-order valence-corrected chi connectivity index (χ4v) is 1.69. The molecule has 22 heavy (non-hydrogen) atoms. The zero-order valence-corrected chi connectivity index (χ0v) is 11.8. The van der Waals surface area contributed by atoms with E-state index in [0.29, 0.717) is 0 Å². The van der Waals surface area contributed by atoms with Gasteiger partial charge in [-0.15, -0.1) is 0 Å². The number of aromatic amines is 1. The number of H-pyrrole nitrogens is 1. The number of ether oxygens (including phenoxy) is 2. The second kappa shape index (κ2) is 7.78. The first kappa shape index (κ1) is 15.5. The van der Waals surface area contributed by atoms with Crippen LogP contribution in [-0.2, 0) is 20.9 Å². The molecule has 0 aliphatic heterocycles. The van der Waals surface area contributed by atoms with Gasteiger partial charge in [-0.2, -0.15) is 0 Å². The molecule has 0 bridgehead atoms. The monoisotopic (exact) mass is 301 g/mol. The smallest absolute Gasteiger partial charge is 0.311 e. The second-order valence-corrected chi connectivity index (χ2v) is 4.51. The van der Waals surface area contributed by atoms with Crippen LogP contribution in [0.5, 0.6) is 5.75 Å². The Kier molecular flexibility index (Phi) is 5.48. The van der Waals surface area contributed by atoms with Crippen LogP contribution in [0.1, 0.15) is 18.4 Å². The van der Waals surface area contributed by atoms with E-state index < -0.39 is 11.9 Å². The quantitative estimate of drug-likeness (QED) is 0.822. The summed E-state index contributed by atoms with van der Waals surface area (Å²) >= 11 is 0. The van der Waals surface area contributed by atoms with E-state index in [9.17, 15) is 14.4 Å². The SMILES string of the molecule is O=C(CCC(=O)Oc1cc[nH]c(=O)c1)OCc1ccccc1. The van der Waals surface area contributed by atoms with Crippen LogP contribution in [0.15, 0.2) is 53.5 Å². The Balaban J connectivity index is 1.71. The number of pyridine rings is 1. The average molecular weight is 301 g/mol. The molecule has 0 radical (unpaired) electrons. The fraction of sp³-hybridized carbons (Fsp3) is 0.188. The predicted molar refractivity (Wildman–Crippen MR) is 78.2 cm³/mol. The number of nitrogens with one attached hydrogen (secondary N) is 1. The molecular formula is C16H15NO5. The van der Waals surface area contributed by atoms with Gasteiger partial charge in [0.15, 0.2) is 0 Å². The van der Waals surface area contributed by atoms with Crippen molar-refractivity contribution in [3.8, 4) is 5.75 Å². The number of carbonyl (C=O) groups is 2. The Bertz CT molecular complexity index is 693. The summed E-state index contributed by atoms with van der Waals surface area (Å²) < 4.78 is 9.99. The molecule has 0 spiro atoms. The van der Waals surface area contributed by atoms with E-state index in [2.05, 4.69) is 4.98 Å².